The Hall–Kier alpha value is -3.32. The Morgan fingerprint density at radius 1 is 1.28 bits per heavy atom. The highest BCUT2D eigenvalue weighted by Gasteiger charge is 2.48. The van der Waals surface area contributed by atoms with Crippen LogP contribution in [-0.4, -0.2) is 67.4 Å². The number of aromatic amines is 1. The van der Waals surface area contributed by atoms with Crippen molar-refractivity contribution in [2.75, 3.05) is 11.9 Å². The van der Waals surface area contributed by atoms with Crippen molar-refractivity contribution in [2.45, 2.75) is 45.3 Å². The summed E-state index contributed by atoms with van der Waals surface area (Å²) >= 11 is 0. The number of nitrogens with one attached hydrogen (secondary N) is 2. The number of rotatable bonds is 5. The molecule has 13 heteroatoms. The highest BCUT2D eigenvalue weighted by atomic mass is 16.6. The van der Waals surface area contributed by atoms with Crippen LogP contribution in [0.4, 0.5) is 5.82 Å². The molecule has 0 aromatic carbocycles. The van der Waals surface area contributed by atoms with Crippen LogP contribution in [0.5, 0.6) is 0 Å². The van der Waals surface area contributed by atoms with Crippen molar-refractivity contribution >= 4 is 34.8 Å². The molecule has 0 bridgehead atoms. The Balaban J connectivity index is 2.01. The molecule has 3 N–H and O–H groups in total. The average molecular weight is 409 g/mol. The molecule has 4 atom stereocenters. The SMILES string of the molecule is CC(=O)Nc1ncnc2c1[nH]c(=O)n2[C@@H]1O[C@H](COC(C)=O)[C@@H](OC(C)=O)[C@H]1O. The van der Waals surface area contributed by atoms with Gasteiger partial charge in [0.15, 0.2) is 23.8 Å². The summed E-state index contributed by atoms with van der Waals surface area (Å²) < 4.78 is 16.7. The van der Waals surface area contributed by atoms with E-state index in [0.717, 1.165) is 17.8 Å². The summed E-state index contributed by atoms with van der Waals surface area (Å²) in [6, 6.07) is 0. The summed E-state index contributed by atoms with van der Waals surface area (Å²) in [5, 5.41) is 13.1. The molecular weight excluding hydrogens is 390 g/mol. The Bertz CT molecular complexity index is 1010. The number of hydrogen-bond donors (Lipinski definition) is 3. The van der Waals surface area contributed by atoms with E-state index in [1.54, 1.807) is 0 Å². The van der Waals surface area contributed by atoms with E-state index in [4.69, 9.17) is 14.2 Å². The van der Waals surface area contributed by atoms with Gasteiger partial charge in [0.1, 0.15) is 30.7 Å². The molecule has 0 spiro atoms. The van der Waals surface area contributed by atoms with E-state index in [0.29, 0.717) is 0 Å². The first-order valence-electron chi connectivity index (χ1n) is 8.56. The van der Waals surface area contributed by atoms with Crippen LogP contribution in [-0.2, 0) is 28.6 Å². The number of aromatic nitrogens is 4. The van der Waals surface area contributed by atoms with E-state index in [-0.39, 0.29) is 23.6 Å². The summed E-state index contributed by atoms with van der Waals surface area (Å²) in [6.07, 6.45) is -3.85. The molecule has 2 aromatic rings. The zero-order valence-corrected chi connectivity index (χ0v) is 15.7. The number of carbonyl (C=O) groups is 3. The monoisotopic (exact) mass is 409 g/mol. The molecule has 29 heavy (non-hydrogen) atoms. The number of nitrogens with zero attached hydrogens (tertiary/aromatic N) is 3. The number of imidazole rings is 1. The van der Waals surface area contributed by atoms with Crippen LogP contribution < -0.4 is 11.0 Å². The number of esters is 2. The fraction of sp³-hybridized carbons (Fsp3) is 0.500. The van der Waals surface area contributed by atoms with Crippen molar-refractivity contribution in [3.63, 3.8) is 0 Å². The number of aliphatic hydroxyl groups excluding tert-OH is 1. The minimum absolute atomic E-state index is 0.0486. The lowest BCUT2D eigenvalue weighted by molar-refractivity contribution is -0.157. The lowest BCUT2D eigenvalue weighted by Gasteiger charge is -2.19. The van der Waals surface area contributed by atoms with Gasteiger partial charge in [0.2, 0.25) is 5.91 Å². The van der Waals surface area contributed by atoms with Gasteiger partial charge >= 0.3 is 17.6 Å². The summed E-state index contributed by atoms with van der Waals surface area (Å²) in [5.74, 6) is -1.62. The summed E-state index contributed by atoms with van der Waals surface area (Å²) in [6.45, 7) is 3.31. The molecular formula is C16H19N5O8. The number of fused-ring (bicyclic) bond motifs is 1. The number of amides is 1. The normalized spacial score (nSPS) is 23.7. The van der Waals surface area contributed by atoms with E-state index in [9.17, 15) is 24.3 Å². The molecule has 3 rings (SSSR count). The minimum Gasteiger partial charge on any atom is -0.463 e. The summed E-state index contributed by atoms with van der Waals surface area (Å²) in [5.41, 5.74) is -0.533. The van der Waals surface area contributed by atoms with Gasteiger partial charge in [-0.1, -0.05) is 0 Å². The second-order valence-corrected chi connectivity index (χ2v) is 6.33. The standard InChI is InChI=1S/C16H19N5O8/c1-6(22)19-13-10-14(18-5-17-13)21(16(26)20-10)15-11(25)12(28-8(3)24)9(29-15)4-27-7(2)23/h5,9,11-12,15,25H,4H2,1-3H3,(H,20,26)(H,17,18,19,22)/t9-,11-,12-,15-/m1/s1. The molecule has 156 valence electrons. The first-order valence-corrected chi connectivity index (χ1v) is 8.56. The van der Waals surface area contributed by atoms with Crippen molar-refractivity contribution in [1.82, 2.24) is 19.5 Å². The number of anilines is 1. The summed E-state index contributed by atoms with van der Waals surface area (Å²) in [4.78, 5) is 56.9. The van der Waals surface area contributed by atoms with Crippen molar-refractivity contribution in [3.05, 3.63) is 16.8 Å². The van der Waals surface area contributed by atoms with Crippen LogP contribution in [0, 0.1) is 0 Å². The number of hydrogen-bond acceptors (Lipinski definition) is 10. The van der Waals surface area contributed by atoms with E-state index >= 15 is 0 Å². The fourth-order valence-electron chi connectivity index (χ4n) is 3.04. The molecule has 0 aliphatic carbocycles. The zero-order valence-electron chi connectivity index (χ0n) is 15.7. The van der Waals surface area contributed by atoms with Gasteiger partial charge in [-0.3, -0.25) is 14.4 Å². The van der Waals surface area contributed by atoms with Gasteiger partial charge in [-0.15, -0.1) is 0 Å². The lowest BCUT2D eigenvalue weighted by atomic mass is 10.1. The van der Waals surface area contributed by atoms with Gasteiger partial charge in [-0.2, -0.15) is 0 Å². The van der Waals surface area contributed by atoms with Crippen LogP contribution in [0.25, 0.3) is 11.2 Å². The van der Waals surface area contributed by atoms with Crippen molar-refractivity contribution < 1.29 is 33.7 Å². The molecule has 1 fully saturated rings. The van der Waals surface area contributed by atoms with Crippen molar-refractivity contribution in [1.29, 1.82) is 0 Å². The molecule has 3 heterocycles. The topological polar surface area (TPSA) is 175 Å². The molecule has 1 amide bonds. The summed E-state index contributed by atoms with van der Waals surface area (Å²) in [7, 11) is 0. The maximum atomic E-state index is 12.6. The average Bonchev–Trinajstić information content (AvgIpc) is 3.10. The zero-order chi connectivity index (χ0) is 21.3. The number of ether oxygens (including phenoxy) is 3. The molecule has 0 saturated carbocycles. The van der Waals surface area contributed by atoms with Gasteiger partial charge in [-0.05, 0) is 0 Å². The third-order valence-corrected chi connectivity index (χ3v) is 4.12. The van der Waals surface area contributed by atoms with E-state index in [2.05, 4.69) is 20.3 Å². The maximum absolute atomic E-state index is 12.6. The minimum atomic E-state index is -1.46. The highest BCUT2D eigenvalue weighted by Crippen LogP contribution is 2.33. The number of carbonyl (C=O) groups excluding carboxylic acids is 3. The van der Waals surface area contributed by atoms with Gasteiger partial charge in [0.05, 0.1) is 0 Å². The van der Waals surface area contributed by atoms with Crippen LogP contribution >= 0.6 is 0 Å². The van der Waals surface area contributed by atoms with Crippen molar-refractivity contribution in [2.24, 2.45) is 0 Å². The van der Waals surface area contributed by atoms with Crippen LogP contribution in [0.2, 0.25) is 0 Å². The quantitative estimate of drug-likeness (QED) is 0.510. The van der Waals surface area contributed by atoms with Gasteiger partial charge < -0.3 is 29.6 Å². The molecule has 1 aliphatic rings. The van der Waals surface area contributed by atoms with Gasteiger partial charge in [0.25, 0.3) is 0 Å². The van der Waals surface area contributed by atoms with Gasteiger partial charge in [-0.25, -0.2) is 19.3 Å². The van der Waals surface area contributed by atoms with Crippen LogP contribution in [0.3, 0.4) is 0 Å². The maximum Gasteiger partial charge on any atom is 0.330 e. The second-order valence-electron chi connectivity index (χ2n) is 6.33. The largest absolute Gasteiger partial charge is 0.463 e. The van der Waals surface area contributed by atoms with E-state index in [1.807, 2.05) is 0 Å². The third-order valence-electron chi connectivity index (χ3n) is 4.12. The van der Waals surface area contributed by atoms with E-state index in [1.165, 1.54) is 13.8 Å². The first kappa shape index (κ1) is 20.4. The molecule has 0 radical (unpaired) electrons. The second kappa shape index (κ2) is 7.97. The number of aliphatic hydroxyl groups is 1. The Morgan fingerprint density at radius 2 is 2.00 bits per heavy atom. The first-order chi connectivity index (χ1) is 13.7. The van der Waals surface area contributed by atoms with Crippen LogP contribution in [0.15, 0.2) is 11.1 Å². The molecule has 0 unspecified atom stereocenters. The van der Waals surface area contributed by atoms with E-state index < -0.39 is 48.1 Å². The Morgan fingerprint density at radius 3 is 2.62 bits per heavy atom. The van der Waals surface area contributed by atoms with Crippen LogP contribution in [0.1, 0.15) is 27.0 Å². The Labute approximate surface area is 163 Å². The predicted octanol–water partition coefficient (Wildman–Crippen LogP) is -1.17. The van der Waals surface area contributed by atoms with Crippen molar-refractivity contribution in [3.8, 4) is 0 Å². The molecule has 1 saturated heterocycles. The smallest absolute Gasteiger partial charge is 0.330 e. The molecule has 1 aliphatic heterocycles. The predicted molar refractivity (Wildman–Crippen MR) is 94.6 cm³/mol. The number of H-pyrrole nitrogens is 1. The lowest BCUT2D eigenvalue weighted by Crippen LogP contribution is -2.39. The van der Waals surface area contributed by atoms with Gasteiger partial charge in [0, 0.05) is 20.8 Å². The Kier molecular flexibility index (Phi) is 5.61. The fourth-order valence-corrected chi connectivity index (χ4v) is 3.04. The highest BCUT2D eigenvalue weighted by molar-refractivity contribution is 5.95. The third kappa shape index (κ3) is 4.09. The molecule has 13 nitrogen and oxygen atoms in total. The molecule has 2 aromatic heterocycles.